The molecule has 3 N–H and O–H groups in total. The number of pyridine rings is 1. The topological polar surface area (TPSA) is 128 Å². The Kier molecular flexibility index (Phi) is 3.76. The predicted molar refractivity (Wildman–Crippen MR) is 77.3 cm³/mol. The van der Waals surface area contributed by atoms with Crippen molar-refractivity contribution in [3.8, 4) is 0 Å². The van der Waals surface area contributed by atoms with Crippen molar-refractivity contribution in [2.75, 3.05) is 10.5 Å². The van der Waals surface area contributed by atoms with Gasteiger partial charge in [0.25, 0.3) is 15.7 Å². The van der Waals surface area contributed by atoms with Gasteiger partial charge in [-0.15, -0.1) is 0 Å². The van der Waals surface area contributed by atoms with Crippen LogP contribution in [0.15, 0.2) is 41.6 Å². The molecule has 0 unspecified atom stereocenters. The number of aryl methyl sites for hydroxylation is 1. The maximum atomic E-state index is 12.2. The van der Waals surface area contributed by atoms with E-state index in [1.54, 1.807) is 13.0 Å². The third-order valence-corrected chi connectivity index (χ3v) is 4.15. The van der Waals surface area contributed by atoms with Crippen LogP contribution in [0.1, 0.15) is 5.56 Å². The normalized spacial score (nSPS) is 11.1. The highest BCUT2D eigenvalue weighted by Gasteiger charge is 2.19. The first-order valence-electron chi connectivity index (χ1n) is 5.78. The van der Waals surface area contributed by atoms with Gasteiger partial charge in [-0.1, -0.05) is 0 Å². The molecule has 110 valence electrons. The highest BCUT2D eigenvalue weighted by Crippen LogP contribution is 2.26. The molecule has 0 atom stereocenters. The maximum absolute atomic E-state index is 12.2. The Hall–Kier alpha value is -2.68. The van der Waals surface area contributed by atoms with Gasteiger partial charge >= 0.3 is 0 Å². The Labute approximate surface area is 120 Å². The predicted octanol–water partition coefficient (Wildman–Crippen LogP) is 1.68. The molecule has 0 aliphatic rings. The highest BCUT2D eigenvalue weighted by atomic mass is 32.2. The lowest BCUT2D eigenvalue weighted by molar-refractivity contribution is -0.383. The number of hydrogen-bond donors (Lipinski definition) is 2. The van der Waals surface area contributed by atoms with E-state index in [0.29, 0.717) is 11.3 Å². The lowest BCUT2D eigenvalue weighted by atomic mass is 10.3. The minimum absolute atomic E-state index is 0.158. The maximum Gasteiger partial charge on any atom is 0.292 e. The highest BCUT2D eigenvalue weighted by molar-refractivity contribution is 7.92. The average Bonchev–Trinajstić information content (AvgIpc) is 2.40. The number of rotatable bonds is 4. The van der Waals surface area contributed by atoms with Crippen LogP contribution >= 0.6 is 0 Å². The smallest absolute Gasteiger partial charge is 0.292 e. The van der Waals surface area contributed by atoms with Gasteiger partial charge in [-0.2, -0.15) is 0 Å². The van der Waals surface area contributed by atoms with Crippen LogP contribution in [0.25, 0.3) is 0 Å². The van der Waals surface area contributed by atoms with Gasteiger partial charge < -0.3 is 5.73 Å². The molecule has 0 spiro atoms. The largest absolute Gasteiger partial charge is 0.393 e. The number of nitrogen functional groups attached to an aromatic ring is 1. The number of nitro groups is 1. The first-order valence-corrected chi connectivity index (χ1v) is 7.27. The number of sulfonamides is 1. The van der Waals surface area contributed by atoms with Crippen LogP contribution in [0.3, 0.4) is 0 Å². The third kappa shape index (κ3) is 3.08. The van der Waals surface area contributed by atoms with Gasteiger partial charge in [0.05, 0.1) is 21.7 Å². The summed E-state index contributed by atoms with van der Waals surface area (Å²) in [5.41, 5.74) is 5.96. The van der Waals surface area contributed by atoms with E-state index in [2.05, 4.69) is 9.71 Å². The number of nitrogens with one attached hydrogen (secondary N) is 1. The standard InChI is InChI=1S/C12H12N4O4S/c1-8-4-5-14-7-11(8)15-21(19,20)9-2-3-12(16(17)18)10(13)6-9/h2-7,15H,13H2,1H3. The fourth-order valence-corrected chi connectivity index (χ4v) is 2.79. The summed E-state index contributed by atoms with van der Waals surface area (Å²) in [5, 5.41) is 10.7. The molecule has 0 fully saturated rings. The molecule has 8 nitrogen and oxygen atoms in total. The van der Waals surface area contributed by atoms with Crippen molar-refractivity contribution < 1.29 is 13.3 Å². The fourth-order valence-electron chi connectivity index (χ4n) is 1.64. The Bertz CT molecular complexity index is 805. The number of anilines is 2. The van der Waals surface area contributed by atoms with E-state index >= 15 is 0 Å². The molecule has 0 aliphatic carbocycles. The van der Waals surface area contributed by atoms with Gasteiger partial charge in [-0.25, -0.2) is 8.42 Å². The van der Waals surface area contributed by atoms with Gasteiger partial charge in [0.1, 0.15) is 5.69 Å². The average molecular weight is 308 g/mol. The van der Waals surface area contributed by atoms with Crippen LogP contribution in [0.5, 0.6) is 0 Å². The van der Waals surface area contributed by atoms with Gasteiger partial charge in [-0.05, 0) is 30.7 Å². The second-order valence-electron chi connectivity index (χ2n) is 4.27. The van der Waals surface area contributed by atoms with Crippen molar-refractivity contribution in [2.45, 2.75) is 11.8 Å². The van der Waals surface area contributed by atoms with Crippen molar-refractivity contribution in [3.05, 3.63) is 52.3 Å². The van der Waals surface area contributed by atoms with E-state index in [4.69, 9.17) is 5.73 Å². The lowest BCUT2D eigenvalue weighted by Crippen LogP contribution is -2.14. The first-order chi connectivity index (χ1) is 9.81. The quantitative estimate of drug-likeness (QED) is 0.502. The summed E-state index contributed by atoms with van der Waals surface area (Å²) in [7, 11) is -3.89. The number of nitrogens with zero attached hydrogens (tertiary/aromatic N) is 2. The number of hydrogen-bond acceptors (Lipinski definition) is 6. The summed E-state index contributed by atoms with van der Waals surface area (Å²) in [6, 6.07) is 4.89. The SMILES string of the molecule is Cc1ccncc1NS(=O)(=O)c1ccc([N+](=O)[O-])c(N)c1. The van der Waals surface area contributed by atoms with E-state index in [9.17, 15) is 18.5 Å². The zero-order valence-corrected chi connectivity index (χ0v) is 11.8. The van der Waals surface area contributed by atoms with Gasteiger partial charge in [-0.3, -0.25) is 19.8 Å². The van der Waals surface area contributed by atoms with Gasteiger partial charge in [0, 0.05) is 12.3 Å². The van der Waals surface area contributed by atoms with Gasteiger partial charge in [0.2, 0.25) is 0 Å². The fraction of sp³-hybridized carbons (Fsp3) is 0.0833. The van der Waals surface area contributed by atoms with Crippen molar-refractivity contribution in [1.82, 2.24) is 4.98 Å². The zero-order chi connectivity index (χ0) is 15.6. The third-order valence-electron chi connectivity index (χ3n) is 2.79. The number of benzene rings is 1. The van der Waals surface area contributed by atoms with E-state index in [0.717, 1.165) is 18.2 Å². The monoisotopic (exact) mass is 308 g/mol. The Morgan fingerprint density at radius 3 is 2.62 bits per heavy atom. The Morgan fingerprint density at radius 2 is 2.05 bits per heavy atom. The molecule has 0 aliphatic heterocycles. The minimum Gasteiger partial charge on any atom is -0.393 e. The zero-order valence-electron chi connectivity index (χ0n) is 11.0. The number of nitrogens with two attached hydrogens (primary N) is 1. The Balaban J connectivity index is 2.39. The summed E-state index contributed by atoms with van der Waals surface area (Å²) in [6.45, 7) is 1.73. The molecule has 1 aromatic carbocycles. The second kappa shape index (κ2) is 5.37. The number of aromatic nitrogens is 1. The van der Waals surface area contributed by atoms with E-state index < -0.39 is 14.9 Å². The molecule has 0 amide bonds. The molecule has 0 bridgehead atoms. The summed E-state index contributed by atoms with van der Waals surface area (Å²) in [5.74, 6) is 0. The summed E-state index contributed by atoms with van der Waals surface area (Å²) in [6.07, 6.45) is 2.92. The molecule has 2 rings (SSSR count). The van der Waals surface area contributed by atoms with E-state index in [-0.39, 0.29) is 16.3 Å². The molecule has 1 heterocycles. The molecule has 0 saturated heterocycles. The van der Waals surface area contributed by atoms with Crippen LogP contribution in [0.4, 0.5) is 17.1 Å². The van der Waals surface area contributed by atoms with Crippen molar-refractivity contribution in [1.29, 1.82) is 0 Å². The lowest BCUT2D eigenvalue weighted by Gasteiger charge is -2.10. The van der Waals surface area contributed by atoms with Crippen LogP contribution in [0, 0.1) is 17.0 Å². The van der Waals surface area contributed by atoms with Crippen LogP contribution in [0.2, 0.25) is 0 Å². The van der Waals surface area contributed by atoms with Crippen LogP contribution in [-0.2, 0) is 10.0 Å². The summed E-state index contributed by atoms with van der Waals surface area (Å²) >= 11 is 0. The van der Waals surface area contributed by atoms with E-state index in [1.165, 1.54) is 12.4 Å². The van der Waals surface area contributed by atoms with Crippen molar-refractivity contribution in [2.24, 2.45) is 0 Å². The molecule has 0 saturated carbocycles. The minimum atomic E-state index is -3.89. The first kappa shape index (κ1) is 14.7. The van der Waals surface area contributed by atoms with Crippen LogP contribution in [-0.4, -0.2) is 18.3 Å². The number of nitro benzene ring substituents is 1. The summed E-state index contributed by atoms with van der Waals surface area (Å²) < 4.78 is 26.8. The van der Waals surface area contributed by atoms with Crippen molar-refractivity contribution in [3.63, 3.8) is 0 Å². The molecule has 0 radical (unpaired) electrons. The van der Waals surface area contributed by atoms with Crippen molar-refractivity contribution >= 4 is 27.1 Å². The molecular formula is C12H12N4O4S. The molecule has 21 heavy (non-hydrogen) atoms. The molecular weight excluding hydrogens is 296 g/mol. The van der Waals surface area contributed by atoms with Crippen LogP contribution < -0.4 is 10.5 Å². The summed E-state index contributed by atoms with van der Waals surface area (Å²) in [4.78, 5) is 13.7. The molecule has 9 heteroatoms. The van der Waals surface area contributed by atoms with Gasteiger partial charge in [0.15, 0.2) is 0 Å². The molecule has 2 aromatic rings. The second-order valence-corrected chi connectivity index (χ2v) is 5.96. The Morgan fingerprint density at radius 1 is 1.33 bits per heavy atom. The van der Waals surface area contributed by atoms with E-state index in [1.807, 2.05) is 0 Å². The molecule has 1 aromatic heterocycles.